The van der Waals surface area contributed by atoms with E-state index in [1.165, 1.54) is 7.11 Å². The molecule has 0 saturated carbocycles. The molecule has 0 aliphatic heterocycles. The first-order valence-electron chi connectivity index (χ1n) is 2.58. The predicted octanol–water partition coefficient (Wildman–Crippen LogP) is -3.24. The molecule has 0 aliphatic carbocycles. The summed E-state index contributed by atoms with van der Waals surface area (Å²) in [6, 6.07) is 0. The quantitative estimate of drug-likeness (QED) is 0.246. The number of hydrogen-bond acceptors (Lipinski definition) is 3. The van der Waals surface area contributed by atoms with Gasteiger partial charge in [-0.25, -0.2) is 0 Å². The number of hydrogen-bond donors (Lipinski definition) is 1. The van der Waals surface area contributed by atoms with Crippen molar-refractivity contribution in [1.29, 1.82) is 0 Å². The first-order valence-corrected chi connectivity index (χ1v) is 5.35. The minimum atomic E-state index is -0.273. The Kier molecular flexibility index (Phi) is 5.07. The SMILES string of the molecule is COC(=O)C(C)C[I-]N. The zero-order valence-electron chi connectivity index (χ0n) is 5.56. The third kappa shape index (κ3) is 3.69. The standard InChI is InChI=1S/C5H11INO2/c1-4(3-6-7)5(8)9-2/h4H,3,7H2,1-2H3/q-1. The van der Waals surface area contributed by atoms with Crippen molar-refractivity contribution in [3.8, 4) is 0 Å². The van der Waals surface area contributed by atoms with Gasteiger partial charge < -0.3 is 0 Å². The van der Waals surface area contributed by atoms with Gasteiger partial charge in [-0.3, -0.25) is 0 Å². The van der Waals surface area contributed by atoms with Gasteiger partial charge in [-0.15, -0.1) is 0 Å². The number of methoxy groups -OCH3 is 1. The molecule has 0 heterocycles. The Morgan fingerprint density at radius 3 is 2.78 bits per heavy atom. The van der Waals surface area contributed by atoms with Crippen LogP contribution in [0.15, 0.2) is 0 Å². The fraction of sp³-hybridized carbons (Fsp3) is 0.800. The molecule has 0 spiro atoms. The summed E-state index contributed by atoms with van der Waals surface area (Å²) in [7, 11) is 1.40. The molecule has 0 fully saturated rings. The van der Waals surface area contributed by atoms with Crippen molar-refractivity contribution in [2.24, 2.45) is 9.86 Å². The molecule has 0 saturated heterocycles. The number of rotatable bonds is 3. The Balaban J connectivity index is 3.45. The van der Waals surface area contributed by atoms with E-state index in [9.17, 15) is 4.79 Å². The van der Waals surface area contributed by atoms with Crippen LogP contribution in [-0.2, 0) is 9.53 Å². The third-order valence-electron chi connectivity index (χ3n) is 0.924. The van der Waals surface area contributed by atoms with Gasteiger partial charge in [0, 0.05) is 0 Å². The summed E-state index contributed by atoms with van der Waals surface area (Å²) >= 11 is -0.273. The molecule has 4 heteroatoms. The van der Waals surface area contributed by atoms with Gasteiger partial charge >= 0.3 is 65.3 Å². The Bertz CT molecular complexity index is 97.0. The molecule has 9 heavy (non-hydrogen) atoms. The Morgan fingerprint density at radius 2 is 2.44 bits per heavy atom. The molecule has 1 atom stereocenters. The van der Waals surface area contributed by atoms with Crippen molar-refractivity contribution in [1.82, 2.24) is 0 Å². The van der Waals surface area contributed by atoms with Gasteiger partial charge in [-0.05, 0) is 0 Å². The van der Waals surface area contributed by atoms with Gasteiger partial charge in [0.05, 0.1) is 0 Å². The topological polar surface area (TPSA) is 52.3 Å². The molecule has 0 aromatic rings. The number of carbonyl (C=O) groups is 1. The molecule has 0 bridgehead atoms. The molecule has 3 nitrogen and oxygen atoms in total. The van der Waals surface area contributed by atoms with Crippen LogP contribution in [0.25, 0.3) is 0 Å². The summed E-state index contributed by atoms with van der Waals surface area (Å²) in [5, 5.41) is 0. The second-order valence-electron chi connectivity index (χ2n) is 1.73. The summed E-state index contributed by atoms with van der Waals surface area (Å²) in [5.74, 6) is -0.159. The van der Waals surface area contributed by atoms with Gasteiger partial charge in [0.2, 0.25) is 0 Å². The Morgan fingerprint density at radius 1 is 1.89 bits per heavy atom. The van der Waals surface area contributed by atoms with Gasteiger partial charge in [0.1, 0.15) is 0 Å². The van der Waals surface area contributed by atoms with Crippen molar-refractivity contribution < 1.29 is 31.0 Å². The summed E-state index contributed by atoms with van der Waals surface area (Å²) in [5.41, 5.74) is 0. The van der Waals surface area contributed by atoms with E-state index in [2.05, 4.69) is 4.74 Å². The molecule has 1 unspecified atom stereocenters. The number of nitrogens with two attached hydrogens (primary N) is 1. The van der Waals surface area contributed by atoms with Crippen LogP contribution in [0.4, 0.5) is 0 Å². The second kappa shape index (κ2) is 4.99. The molecule has 56 valence electrons. The summed E-state index contributed by atoms with van der Waals surface area (Å²) in [6.45, 7) is 1.83. The normalized spacial score (nSPS) is 13.2. The van der Waals surface area contributed by atoms with Crippen molar-refractivity contribution in [3.05, 3.63) is 0 Å². The van der Waals surface area contributed by atoms with Crippen LogP contribution in [0.5, 0.6) is 0 Å². The van der Waals surface area contributed by atoms with E-state index in [-0.39, 0.29) is 33.4 Å². The van der Waals surface area contributed by atoms with Gasteiger partial charge in [-0.2, -0.15) is 0 Å². The van der Waals surface area contributed by atoms with E-state index in [1.807, 2.05) is 6.92 Å². The van der Waals surface area contributed by atoms with Gasteiger partial charge in [0.25, 0.3) is 0 Å². The van der Waals surface area contributed by atoms with Gasteiger partial charge in [-0.1, -0.05) is 0 Å². The Labute approximate surface area is 65.6 Å². The molecule has 0 radical (unpaired) electrons. The average molecular weight is 244 g/mol. The predicted molar refractivity (Wildman–Crippen MR) is 30.2 cm³/mol. The van der Waals surface area contributed by atoms with Crippen LogP contribution in [0.2, 0.25) is 0 Å². The van der Waals surface area contributed by atoms with E-state index in [1.54, 1.807) is 0 Å². The van der Waals surface area contributed by atoms with Crippen LogP contribution in [-0.4, -0.2) is 17.5 Å². The molecule has 2 N–H and O–H groups in total. The number of halogens is 1. The van der Waals surface area contributed by atoms with Crippen LogP contribution in [0.1, 0.15) is 6.92 Å². The first-order chi connectivity index (χ1) is 4.22. The molecule has 0 rings (SSSR count). The molecular weight excluding hydrogens is 233 g/mol. The maximum absolute atomic E-state index is 10.6. The van der Waals surface area contributed by atoms with Crippen LogP contribution >= 0.6 is 0 Å². The number of ether oxygens (including phenoxy) is 1. The number of carbonyl (C=O) groups excluding carboxylic acids is 1. The molecular formula is C5H11INO2-. The van der Waals surface area contributed by atoms with Gasteiger partial charge in [0.15, 0.2) is 0 Å². The average Bonchev–Trinajstić information content (AvgIpc) is 1.87. The number of esters is 1. The monoisotopic (exact) mass is 244 g/mol. The van der Waals surface area contributed by atoms with E-state index < -0.39 is 0 Å². The Hall–Kier alpha value is 0.160. The summed E-state index contributed by atoms with van der Waals surface area (Å²) in [4.78, 5) is 10.6. The van der Waals surface area contributed by atoms with Crippen molar-refractivity contribution in [2.45, 2.75) is 6.92 Å². The maximum atomic E-state index is 10.6. The molecule has 0 aliphatic rings. The van der Waals surface area contributed by atoms with E-state index >= 15 is 0 Å². The van der Waals surface area contributed by atoms with Crippen molar-refractivity contribution >= 4 is 5.97 Å². The zero-order chi connectivity index (χ0) is 7.28. The van der Waals surface area contributed by atoms with E-state index in [4.69, 9.17) is 3.95 Å². The first kappa shape index (κ1) is 9.16. The molecule has 0 aromatic carbocycles. The summed E-state index contributed by atoms with van der Waals surface area (Å²) < 4.78 is 10.6. The molecule has 0 aromatic heterocycles. The van der Waals surface area contributed by atoms with E-state index in [0.29, 0.717) is 0 Å². The third-order valence-corrected chi connectivity index (χ3v) is 2.75. The van der Waals surface area contributed by atoms with E-state index in [0.717, 1.165) is 4.43 Å². The minimum absolute atomic E-state index is 0.00667. The van der Waals surface area contributed by atoms with Crippen molar-refractivity contribution in [2.75, 3.05) is 11.5 Å². The second-order valence-corrected chi connectivity index (χ2v) is 3.49. The van der Waals surface area contributed by atoms with Crippen LogP contribution < -0.4 is 25.4 Å². The molecule has 0 amide bonds. The fourth-order valence-corrected chi connectivity index (χ4v) is 1.52. The van der Waals surface area contributed by atoms with Crippen LogP contribution in [0.3, 0.4) is 0 Å². The fourth-order valence-electron chi connectivity index (χ4n) is 0.398. The zero-order valence-corrected chi connectivity index (χ0v) is 7.71. The van der Waals surface area contributed by atoms with Crippen molar-refractivity contribution in [3.63, 3.8) is 0 Å². The van der Waals surface area contributed by atoms with Crippen LogP contribution in [0, 0.1) is 5.92 Å². The summed E-state index contributed by atoms with van der Waals surface area (Å²) in [6.07, 6.45) is 0. The number of alkyl halides is 1.